The lowest BCUT2D eigenvalue weighted by molar-refractivity contribution is -0.131. The van der Waals surface area contributed by atoms with Gasteiger partial charge in [-0.15, -0.1) is 0 Å². The van der Waals surface area contributed by atoms with Crippen LogP contribution in [0.5, 0.6) is 0 Å². The van der Waals surface area contributed by atoms with Crippen molar-refractivity contribution in [2.24, 2.45) is 0 Å². The Hall–Kier alpha value is -1.37. The number of aliphatic carboxylic acids is 1. The summed E-state index contributed by atoms with van der Waals surface area (Å²) < 4.78 is 21.3. The summed E-state index contributed by atoms with van der Waals surface area (Å²) >= 11 is 0. The molecule has 1 aliphatic heterocycles. The first-order valence-corrected chi connectivity index (χ1v) is 3.93. The van der Waals surface area contributed by atoms with Crippen molar-refractivity contribution in [3.8, 4) is 0 Å². The van der Waals surface area contributed by atoms with Crippen molar-refractivity contribution >= 4 is 21.0 Å². The molecule has 60 valence electrons. The van der Waals surface area contributed by atoms with Gasteiger partial charge >= 0.3 is 11.2 Å². The second kappa shape index (κ2) is 2.06. The van der Waals surface area contributed by atoms with Crippen molar-refractivity contribution in [2.45, 2.75) is 0 Å². The first-order valence-electron chi connectivity index (χ1n) is 2.45. The number of rotatable bonds is 1. The third-order valence-electron chi connectivity index (χ3n) is 1.07. The fraction of sp³-hybridized carbons (Fsp3) is 0. The van der Waals surface area contributed by atoms with Crippen molar-refractivity contribution in [1.82, 2.24) is 5.32 Å². The molecule has 1 aliphatic rings. The van der Waals surface area contributed by atoms with E-state index in [1.165, 1.54) is 0 Å². The number of nitrogens with one attached hydrogen (secondary N) is 1. The zero-order valence-electron chi connectivity index (χ0n) is 5.07. The molecule has 0 saturated carbocycles. The summed E-state index contributed by atoms with van der Waals surface area (Å²) in [4.78, 5) is 19.6. The molecule has 1 amide bonds. The summed E-state index contributed by atoms with van der Waals surface area (Å²) in [6.07, 6.45) is 0.653. The van der Waals surface area contributed by atoms with Gasteiger partial charge in [0, 0.05) is 6.20 Å². The second-order valence-electron chi connectivity index (χ2n) is 1.75. The Morgan fingerprint density at radius 2 is 2.09 bits per heavy atom. The van der Waals surface area contributed by atoms with E-state index in [-0.39, 0.29) is 0 Å². The molecular formula is C4H3NO5S. The van der Waals surface area contributed by atoms with Crippen LogP contribution < -0.4 is 5.32 Å². The number of carbonyl (C=O) groups is 2. The summed E-state index contributed by atoms with van der Waals surface area (Å²) in [6, 6.07) is 0. The highest BCUT2D eigenvalue weighted by atomic mass is 32.2. The number of carboxylic acids is 1. The Balaban J connectivity index is 3.24. The zero-order valence-corrected chi connectivity index (χ0v) is 5.88. The van der Waals surface area contributed by atoms with Gasteiger partial charge in [-0.25, -0.2) is 13.2 Å². The highest BCUT2D eigenvalue weighted by molar-refractivity contribution is 8.10. The van der Waals surface area contributed by atoms with Crippen molar-refractivity contribution in [3.63, 3.8) is 0 Å². The molecule has 0 spiro atoms. The van der Waals surface area contributed by atoms with Crippen molar-refractivity contribution in [3.05, 3.63) is 11.1 Å². The smallest absolute Gasteiger partial charge is 0.349 e. The monoisotopic (exact) mass is 177 g/mol. The number of sulfone groups is 1. The molecular weight excluding hydrogens is 174 g/mol. The molecule has 0 saturated heterocycles. The minimum atomic E-state index is -4.25. The molecule has 0 bridgehead atoms. The molecule has 0 aromatic heterocycles. The molecule has 0 aromatic rings. The minimum absolute atomic E-state index is 0.653. The summed E-state index contributed by atoms with van der Waals surface area (Å²) in [5.74, 6) is -1.64. The first kappa shape index (κ1) is 7.73. The Labute approximate surface area is 61.4 Å². The maximum atomic E-state index is 10.7. The van der Waals surface area contributed by atoms with Crippen LogP contribution in [0.25, 0.3) is 0 Å². The molecule has 0 fully saturated rings. The fourth-order valence-electron chi connectivity index (χ4n) is 0.556. The van der Waals surface area contributed by atoms with Crippen LogP contribution in [0, 0.1) is 0 Å². The molecule has 2 N–H and O–H groups in total. The predicted molar refractivity (Wildman–Crippen MR) is 33.2 cm³/mol. The van der Waals surface area contributed by atoms with Crippen LogP contribution in [0.2, 0.25) is 0 Å². The lowest BCUT2D eigenvalue weighted by atomic mass is 10.6. The molecule has 0 aromatic carbocycles. The zero-order chi connectivity index (χ0) is 8.65. The average molecular weight is 177 g/mol. The summed E-state index contributed by atoms with van der Waals surface area (Å²) in [5.41, 5.74) is 0. The first-order chi connectivity index (χ1) is 4.96. The Bertz CT molecular complexity index is 351. The van der Waals surface area contributed by atoms with Gasteiger partial charge in [0.25, 0.3) is 9.84 Å². The largest absolute Gasteiger partial charge is 0.477 e. The number of carboxylic acid groups (broad SMARTS) is 1. The highest BCUT2D eigenvalue weighted by Gasteiger charge is 2.37. The van der Waals surface area contributed by atoms with Crippen molar-refractivity contribution < 1.29 is 23.1 Å². The van der Waals surface area contributed by atoms with E-state index in [4.69, 9.17) is 5.11 Å². The molecule has 1 heterocycles. The van der Waals surface area contributed by atoms with Crippen molar-refractivity contribution in [1.29, 1.82) is 0 Å². The van der Waals surface area contributed by atoms with Gasteiger partial charge in [0.2, 0.25) is 0 Å². The van der Waals surface area contributed by atoms with Gasteiger partial charge in [-0.1, -0.05) is 0 Å². The van der Waals surface area contributed by atoms with Crippen LogP contribution in [0.15, 0.2) is 11.1 Å². The number of carbonyl (C=O) groups excluding carboxylic acids is 1. The normalized spacial score (nSPS) is 20.7. The van der Waals surface area contributed by atoms with Gasteiger partial charge in [0.05, 0.1) is 0 Å². The van der Waals surface area contributed by atoms with Crippen LogP contribution in [-0.4, -0.2) is 24.7 Å². The highest BCUT2D eigenvalue weighted by Crippen LogP contribution is 2.13. The standard InChI is InChI=1S/C4H3NO5S/c6-3(7)2-1-5-4(8)11(2,9)10/h1H,(H,5,8)(H,6,7). The topological polar surface area (TPSA) is 101 Å². The van der Waals surface area contributed by atoms with Crippen LogP contribution in [0.3, 0.4) is 0 Å². The van der Waals surface area contributed by atoms with E-state index in [0.717, 1.165) is 0 Å². The quantitative estimate of drug-likeness (QED) is 0.537. The van der Waals surface area contributed by atoms with E-state index < -0.39 is 26.0 Å². The van der Waals surface area contributed by atoms with E-state index in [0.29, 0.717) is 6.20 Å². The molecule has 0 atom stereocenters. The van der Waals surface area contributed by atoms with Crippen LogP contribution in [0.4, 0.5) is 4.79 Å². The summed E-state index contributed by atoms with van der Waals surface area (Å²) in [5, 5.41) is 8.70. The second-order valence-corrected chi connectivity index (χ2v) is 3.57. The Kier molecular flexibility index (Phi) is 1.45. The fourth-order valence-corrected chi connectivity index (χ4v) is 1.41. The van der Waals surface area contributed by atoms with E-state index in [1.54, 1.807) is 5.32 Å². The molecule has 0 radical (unpaired) electrons. The van der Waals surface area contributed by atoms with Gasteiger partial charge in [-0.05, 0) is 0 Å². The van der Waals surface area contributed by atoms with E-state index in [2.05, 4.69) is 0 Å². The molecule has 0 unspecified atom stereocenters. The maximum absolute atomic E-state index is 10.7. The molecule has 1 rings (SSSR count). The van der Waals surface area contributed by atoms with Gasteiger partial charge < -0.3 is 10.4 Å². The van der Waals surface area contributed by atoms with Gasteiger partial charge in [-0.2, -0.15) is 0 Å². The summed E-state index contributed by atoms with van der Waals surface area (Å²) in [6.45, 7) is 0. The van der Waals surface area contributed by atoms with Gasteiger partial charge in [-0.3, -0.25) is 4.79 Å². The SMILES string of the molecule is O=C(O)C1=CNC(=O)S1(=O)=O. The Morgan fingerprint density at radius 1 is 1.55 bits per heavy atom. The summed E-state index contributed by atoms with van der Waals surface area (Å²) in [7, 11) is -4.25. The molecule has 7 heteroatoms. The third kappa shape index (κ3) is 0.984. The number of hydrogen-bond donors (Lipinski definition) is 2. The van der Waals surface area contributed by atoms with Crippen molar-refractivity contribution in [2.75, 3.05) is 0 Å². The van der Waals surface area contributed by atoms with Gasteiger partial charge in [0.15, 0.2) is 4.91 Å². The number of amides is 1. The van der Waals surface area contributed by atoms with Crippen LogP contribution >= 0.6 is 0 Å². The molecule has 6 nitrogen and oxygen atoms in total. The lowest BCUT2D eigenvalue weighted by Crippen LogP contribution is -2.19. The minimum Gasteiger partial charge on any atom is -0.477 e. The van der Waals surface area contributed by atoms with Crippen LogP contribution in [0.1, 0.15) is 0 Å². The molecule has 0 aliphatic carbocycles. The maximum Gasteiger partial charge on any atom is 0.349 e. The van der Waals surface area contributed by atoms with E-state index >= 15 is 0 Å². The predicted octanol–water partition coefficient (Wildman–Crippen LogP) is -0.950. The Morgan fingerprint density at radius 3 is 2.27 bits per heavy atom. The third-order valence-corrected chi connectivity index (χ3v) is 2.54. The van der Waals surface area contributed by atoms with E-state index in [9.17, 15) is 18.0 Å². The lowest BCUT2D eigenvalue weighted by Gasteiger charge is -1.89. The number of hydrogen-bond acceptors (Lipinski definition) is 4. The molecule has 11 heavy (non-hydrogen) atoms. The average Bonchev–Trinajstić information content (AvgIpc) is 2.08. The van der Waals surface area contributed by atoms with Crippen LogP contribution in [-0.2, 0) is 14.6 Å². The van der Waals surface area contributed by atoms with Gasteiger partial charge in [0.1, 0.15) is 0 Å². The van der Waals surface area contributed by atoms with E-state index in [1.807, 2.05) is 0 Å².